The highest BCUT2D eigenvalue weighted by molar-refractivity contribution is 6.44. The first-order valence-corrected chi connectivity index (χ1v) is 6.77. The average molecular weight is 315 g/mol. The third-order valence-corrected chi connectivity index (χ3v) is 3.06. The largest absolute Gasteiger partial charge is 0.496 e. The van der Waals surface area contributed by atoms with E-state index in [1.165, 1.54) is 31.4 Å². The molecule has 0 aromatic heterocycles. The first-order valence-electron chi connectivity index (χ1n) is 6.77. The summed E-state index contributed by atoms with van der Waals surface area (Å²) in [5.41, 5.74) is 0.370. The molecular formula is C17H14FNO4. The van der Waals surface area contributed by atoms with Crippen molar-refractivity contribution >= 4 is 23.2 Å². The number of carbonyl (C=O) groups is 3. The summed E-state index contributed by atoms with van der Waals surface area (Å²) in [6, 6.07) is 11.5. The number of rotatable bonds is 6. The monoisotopic (exact) mass is 315 g/mol. The number of methoxy groups -OCH3 is 1. The van der Waals surface area contributed by atoms with Gasteiger partial charge in [0.15, 0.2) is 5.78 Å². The lowest BCUT2D eigenvalue weighted by molar-refractivity contribution is -0.134. The minimum absolute atomic E-state index is 0.146. The van der Waals surface area contributed by atoms with Gasteiger partial charge >= 0.3 is 0 Å². The molecule has 23 heavy (non-hydrogen) atoms. The molecule has 0 saturated carbocycles. The summed E-state index contributed by atoms with van der Waals surface area (Å²) >= 11 is 0. The molecule has 6 heteroatoms. The van der Waals surface area contributed by atoms with Crippen molar-refractivity contribution in [1.29, 1.82) is 0 Å². The highest BCUT2D eigenvalue weighted by atomic mass is 19.1. The highest BCUT2D eigenvalue weighted by Gasteiger charge is 2.21. The Labute approximate surface area is 132 Å². The number of anilines is 1. The number of hydrogen-bond acceptors (Lipinski definition) is 4. The molecule has 1 N–H and O–H groups in total. The van der Waals surface area contributed by atoms with Crippen molar-refractivity contribution in [2.45, 2.75) is 6.42 Å². The second-order valence-electron chi connectivity index (χ2n) is 4.69. The van der Waals surface area contributed by atoms with Crippen LogP contribution in [0.1, 0.15) is 16.8 Å². The number of carbonyl (C=O) groups excluding carboxylic acids is 3. The molecule has 0 fully saturated rings. The fourth-order valence-corrected chi connectivity index (χ4v) is 1.96. The molecule has 0 radical (unpaired) electrons. The molecule has 0 aliphatic heterocycles. The first-order chi connectivity index (χ1) is 11.0. The summed E-state index contributed by atoms with van der Waals surface area (Å²) < 4.78 is 18.1. The van der Waals surface area contributed by atoms with E-state index in [9.17, 15) is 18.8 Å². The summed E-state index contributed by atoms with van der Waals surface area (Å²) in [4.78, 5) is 35.7. The van der Waals surface area contributed by atoms with Crippen LogP contribution in [0.5, 0.6) is 5.75 Å². The number of para-hydroxylation sites is 1. The van der Waals surface area contributed by atoms with Crippen molar-refractivity contribution in [2.24, 2.45) is 0 Å². The zero-order chi connectivity index (χ0) is 16.8. The minimum atomic E-state index is -0.973. The van der Waals surface area contributed by atoms with Crippen LogP contribution in [-0.2, 0) is 9.59 Å². The van der Waals surface area contributed by atoms with Gasteiger partial charge in [-0.25, -0.2) is 4.39 Å². The van der Waals surface area contributed by atoms with Crippen LogP contribution in [0.15, 0.2) is 48.5 Å². The Balaban J connectivity index is 2.03. The Morgan fingerprint density at radius 2 is 1.83 bits per heavy atom. The third kappa shape index (κ3) is 4.23. The highest BCUT2D eigenvalue weighted by Crippen LogP contribution is 2.19. The van der Waals surface area contributed by atoms with Crippen molar-refractivity contribution in [2.75, 3.05) is 12.4 Å². The van der Waals surface area contributed by atoms with E-state index in [0.29, 0.717) is 5.75 Å². The Hall–Kier alpha value is -3.02. The number of ether oxygens (including phenoxy) is 1. The van der Waals surface area contributed by atoms with Gasteiger partial charge in [-0.1, -0.05) is 18.2 Å². The van der Waals surface area contributed by atoms with Crippen LogP contribution in [0.4, 0.5) is 10.1 Å². The molecule has 0 aliphatic rings. The van der Waals surface area contributed by atoms with E-state index in [2.05, 4.69) is 5.32 Å². The Morgan fingerprint density at radius 3 is 2.52 bits per heavy atom. The van der Waals surface area contributed by atoms with E-state index in [-0.39, 0.29) is 11.3 Å². The summed E-state index contributed by atoms with van der Waals surface area (Å²) in [6.45, 7) is 0. The number of nitrogens with one attached hydrogen (secondary N) is 1. The lowest BCUT2D eigenvalue weighted by atomic mass is 10.0. The van der Waals surface area contributed by atoms with Crippen LogP contribution in [0.3, 0.4) is 0 Å². The molecule has 2 rings (SSSR count). The molecule has 0 saturated heterocycles. The lowest BCUT2D eigenvalue weighted by Crippen LogP contribution is -2.25. The van der Waals surface area contributed by atoms with Crippen LogP contribution in [0.25, 0.3) is 0 Å². The number of Topliss-reactive ketones (excluding diaryl/α,β-unsaturated/α-hetero) is 2. The van der Waals surface area contributed by atoms with Crippen molar-refractivity contribution in [3.05, 3.63) is 59.9 Å². The van der Waals surface area contributed by atoms with Crippen LogP contribution in [0, 0.1) is 5.82 Å². The molecule has 0 atom stereocenters. The van der Waals surface area contributed by atoms with E-state index < -0.39 is 29.7 Å². The minimum Gasteiger partial charge on any atom is -0.496 e. The lowest BCUT2D eigenvalue weighted by Gasteiger charge is -2.07. The van der Waals surface area contributed by atoms with Crippen molar-refractivity contribution in [3.63, 3.8) is 0 Å². The van der Waals surface area contributed by atoms with Gasteiger partial charge in [0.05, 0.1) is 19.1 Å². The van der Waals surface area contributed by atoms with Crippen LogP contribution < -0.4 is 10.1 Å². The Bertz CT molecular complexity index is 758. The van der Waals surface area contributed by atoms with Gasteiger partial charge in [0.1, 0.15) is 11.6 Å². The molecule has 2 aromatic rings. The third-order valence-electron chi connectivity index (χ3n) is 3.06. The summed E-state index contributed by atoms with van der Waals surface area (Å²) in [5, 5.41) is 2.26. The van der Waals surface area contributed by atoms with Gasteiger partial charge in [0.2, 0.25) is 5.78 Å². The molecule has 2 aromatic carbocycles. The molecule has 0 bridgehead atoms. The first kappa shape index (κ1) is 16.4. The topological polar surface area (TPSA) is 72.5 Å². The smallest absolute Gasteiger partial charge is 0.292 e. The maximum absolute atomic E-state index is 13.0. The predicted molar refractivity (Wildman–Crippen MR) is 82.0 cm³/mol. The SMILES string of the molecule is COc1ccccc1C(=O)CC(=O)C(=O)Nc1cccc(F)c1. The van der Waals surface area contributed by atoms with Crippen molar-refractivity contribution < 1.29 is 23.5 Å². The second-order valence-corrected chi connectivity index (χ2v) is 4.69. The quantitative estimate of drug-likeness (QED) is 0.505. The van der Waals surface area contributed by atoms with Gasteiger partial charge in [0, 0.05) is 5.69 Å². The molecule has 0 aliphatic carbocycles. The fourth-order valence-electron chi connectivity index (χ4n) is 1.96. The molecule has 0 spiro atoms. The van der Waals surface area contributed by atoms with Gasteiger partial charge in [-0.05, 0) is 30.3 Å². The van der Waals surface area contributed by atoms with Gasteiger partial charge in [-0.15, -0.1) is 0 Å². The van der Waals surface area contributed by atoms with E-state index >= 15 is 0 Å². The van der Waals surface area contributed by atoms with Crippen LogP contribution in [0.2, 0.25) is 0 Å². The number of ketones is 2. The van der Waals surface area contributed by atoms with Gasteiger partial charge in [0.25, 0.3) is 5.91 Å². The Kier molecular flexibility index (Phi) is 5.19. The molecule has 0 unspecified atom stereocenters. The number of benzene rings is 2. The van der Waals surface area contributed by atoms with Crippen molar-refractivity contribution in [3.8, 4) is 5.75 Å². The standard InChI is InChI=1S/C17H14FNO4/c1-23-16-8-3-2-7-13(16)14(20)10-15(21)17(22)19-12-6-4-5-11(18)9-12/h2-9H,10H2,1H3,(H,19,22). The number of hydrogen-bond donors (Lipinski definition) is 1. The summed E-state index contributed by atoms with van der Waals surface area (Å²) in [6.07, 6.45) is -0.596. The maximum atomic E-state index is 13.0. The van der Waals surface area contributed by atoms with Crippen LogP contribution in [-0.4, -0.2) is 24.6 Å². The molecular weight excluding hydrogens is 301 g/mol. The maximum Gasteiger partial charge on any atom is 0.292 e. The Morgan fingerprint density at radius 1 is 1.09 bits per heavy atom. The van der Waals surface area contributed by atoms with Crippen LogP contribution >= 0.6 is 0 Å². The van der Waals surface area contributed by atoms with Gasteiger partial charge < -0.3 is 10.1 Å². The van der Waals surface area contributed by atoms with Gasteiger partial charge in [-0.2, -0.15) is 0 Å². The normalized spacial score (nSPS) is 10.0. The zero-order valence-corrected chi connectivity index (χ0v) is 12.3. The molecule has 0 heterocycles. The molecule has 1 amide bonds. The zero-order valence-electron chi connectivity index (χ0n) is 12.3. The van der Waals surface area contributed by atoms with Gasteiger partial charge in [-0.3, -0.25) is 14.4 Å². The summed E-state index contributed by atoms with van der Waals surface area (Å²) in [7, 11) is 1.41. The predicted octanol–water partition coefficient (Wildman–Crippen LogP) is 2.61. The van der Waals surface area contributed by atoms with E-state index in [0.717, 1.165) is 6.07 Å². The molecule has 118 valence electrons. The van der Waals surface area contributed by atoms with E-state index in [1.807, 2.05) is 0 Å². The van der Waals surface area contributed by atoms with E-state index in [1.54, 1.807) is 18.2 Å². The molecule has 5 nitrogen and oxygen atoms in total. The van der Waals surface area contributed by atoms with E-state index in [4.69, 9.17) is 4.74 Å². The fraction of sp³-hybridized carbons (Fsp3) is 0.118. The number of halogens is 1. The summed E-state index contributed by atoms with van der Waals surface area (Å²) in [5.74, 6) is -2.62. The number of amides is 1. The second kappa shape index (κ2) is 7.31. The average Bonchev–Trinajstić information content (AvgIpc) is 2.54. The van der Waals surface area contributed by atoms with Crippen molar-refractivity contribution in [1.82, 2.24) is 0 Å².